The quantitative estimate of drug-likeness (QED) is 0.674. The molecule has 4 nitrogen and oxygen atoms in total. The second-order valence-corrected chi connectivity index (χ2v) is 4.99. The number of piperidine rings is 1. The van der Waals surface area contributed by atoms with E-state index < -0.39 is 0 Å². The van der Waals surface area contributed by atoms with Crippen molar-refractivity contribution in [2.24, 2.45) is 0 Å². The molecule has 1 amide bonds. The van der Waals surface area contributed by atoms with Crippen LogP contribution in [0.4, 0.5) is 0 Å². The number of hydrogen-bond acceptors (Lipinski definition) is 3. The monoisotopic (exact) mass is 225 g/mol. The Morgan fingerprint density at radius 3 is 2.44 bits per heavy atom. The summed E-state index contributed by atoms with van der Waals surface area (Å²) in [6, 6.07) is 0.504. The van der Waals surface area contributed by atoms with E-state index in [1.165, 1.54) is 0 Å². The average molecular weight is 225 g/mol. The lowest BCUT2D eigenvalue weighted by molar-refractivity contribution is -0.139. The number of rotatable bonds is 2. The van der Waals surface area contributed by atoms with Gasteiger partial charge in [0.2, 0.25) is 5.91 Å². The van der Waals surface area contributed by atoms with Crippen LogP contribution in [-0.4, -0.2) is 73.0 Å². The third kappa shape index (κ3) is 2.55. The third-order valence-electron chi connectivity index (χ3n) is 3.89. The predicted octanol–water partition coefficient (Wildman–Crippen LogP) is 0.245. The first-order valence-corrected chi connectivity index (χ1v) is 6.41. The Bertz CT molecular complexity index is 249. The van der Waals surface area contributed by atoms with Gasteiger partial charge in [-0.05, 0) is 26.4 Å². The molecule has 0 aliphatic carbocycles. The smallest absolute Gasteiger partial charge is 0.237 e. The van der Waals surface area contributed by atoms with Crippen LogP contribution >= 0.6 is 0 Å². The maximum absolute atomic E-state index is 11.9. The van der Waals surface area contributed by atoms with Crippen molar-refractivity contribution >= 4 is 5.91 Å². The molecule has 0 N–H and O–H groups in total. The molecule has 0 aromatic heterocycles. The van der Waals surface area contributed by atoms with Gasteiger partial charge in [-0.1, -0.05) is 6.92 Å². The maximum Gasteiger partial charge on any atom is 0.237 e. The Hall–Kier alpha value is -0.610. The summed E-state index contributed by atoms with van der Waals surface area (Å²) in [7, 11) is 2.02. The van der Waals surface area contributed by atoms with Crippen molar-refractivity contribution in [2.45, 2.75) is 25.8 Å². The Balaban J connectivity index is 1.86. The van der Waals surface area contributed by atoms with Gasteiger partial charge in [0.25, 0.3) is 0 Å². The van der Waals surface area contributed by atoms with Crippen LogP contribution in [0.3, 0.4) is 0 Å². The number of hydrogen-bond donors (Lipinski definition) is 0. The van der Waals surface area contributed by atoms with E-state index in [1.54, 1.807) is 0 Å². The zero-order valence-corrected chi connectivity index (χ0v) is 10.5. The molecule has 16 heavy (non-hydrogen) atoms. The van der Waals surface area contributed by atoms with Gasteiger partial charge < -0.3 is 9.80 Å². The van der Waals surface area contributed by atoms with Crippen molar-refractivity contribution in [2.75, 3.05) is 46.3 Å². The predicted molar refractivity (Wildman–Crippen MR) is 64.3 cm³/mol. The summed E-state index contributed by atoms with van der Waals surface area (Å²) >= 11 is 0. The highest BCUT2D eigenvalue weighted by molar-refractivity contribution is 5.79. The molecule has 2 fully saturated rings. The molecular weight excluding hydrogens is 202 g/mol. The van der Waals surface area contributed by atoms with Crippen molar-refractivity contribution in [3.63, 3.8) is 0 Å². The minimum absolute atomic E-state index is 0.323. The number of likely N-dealkylation sites (tertiary alicyclic amines) is 1. The molecule has 0 atom stereocenters. The van der Waals surface area contributed by atoms with E-state index in [0.29, 0.717) is 18.5 Å². The largest absolute Gasteiger partial charge is 0.337 e. The first kappa shape index (κ1) is 11.9. The van der Waals surface area contributed by atoms with Gasteiger partial charge in [0.15, 0.2) is 0 Å². The van der Waals surface area contributed by atoms with Crippen LogP contribution in [0.5, 0.6) is 0 Å². The summed E-state index contributed by atoms with van der Waals surface area (Å²) in [5.41, 5.74) is 0. The summed E-state index contributed by atoms with van der Waals surface area (Å²) < 4.78 is 0. The van der Waals surface area contributed by atoms with Crippen molar-refractivity contribution in [1.29, 1.82) is 0 Å². The van der Waals surface area contributed by atoms with E-state index in [0.717, 1.165) is 45.6 Å². The number of carbonyl (C=O) groups is 1. The first-order chi connectivity index (χ1) is 7.70. The van der Waals surface area contributed by atoms with Gasteiger partial charge in [0, 0.05) is 32.2 Å². The van der Waals surface area contributed by atoms with Gasteiger partial charge in [-0.25, -0.2) is 0 Å². The van der Waals surface area contributed by atoms with Gasteiger partial charge in [0.1, 0.15) is 0 Å². The van der Waals surface area contributed by atoms with Crippen LogP contribution in [0.25, 0.3) is 0 Å². The molecular formula is C12H23N3O. The SMILES string of the molecule is CCN1CCC(N2CCN(C)CC2=O)CC1. The molecule has 2 aliphatic rings. The number of likely N-dealkylation sites (N-methyl/N-ethyl adjacent to an activating group) is 1. The minimum atomic E-state index is 0.323. The summed E-state index contributed by atoms with van der Waals surface area (Å²) in [5.74, 6) is 0.323. The lowest BCUT2D eigenvalue weighted by atomic mass is 10.0. The van der Waals surface area contributed by atoms with Crippen LogP contribution in [0.2, 0.25) is 0 Å². The fourth-order valence-electron chi connectivity index (χ4n) is 2.74. The molecule has 2 rings (SSSR count). The summed E-state index contributed by atoms with van der Waals surface area (Å²) in [6.07, 6.45) is 2.31. The molecule has 4 heteroatoms. The zero-order chi connectivity index (χ0) is 11.5. The van der Waals surface area contributed by atoms with Crippen LogP contribution in [0.15, 0.2) is 0 Å². The molecule has 2 heterocycles. The van der Waals surface area contributed by atoms with Crippen LogP contribution in [0.1, 0.15) is 19.8 Å². The van der Waals surface area contributed by atoms with Crippen molar-refractivity contribution < 1.29 is 4.79 Å². The normalized spacial score (nSPS) is 26.4. The van der Waals surface area contributed by atoms with E-state index in [1.807, 2.05) is 7.05 Å². The van der Waals surface area contributed by atoms with E-state index >= 15 is 0 Å². The standard InChI is InChI=1S/C12H23N3O/c1-3-14-6-4-11(5-7-14)15-9-8-13(2)10-12(15)16/h11H,3-10H2,1-2H3. The second-order valence-electron chi connectivity index (χ2n) is 4.99. The summed E-state index contributed by atoms with van der Waals surface area (Å²) in [4.78, 5) is 18.6. The molecule has 2 aliphatic heterocycles. The van der Waals surface area contributed by atoms with Crippen LogP contribution < -0.4 is 0 Å². The summed E-state index contributed by atoms with van der Waals surface area (Å²) in [5, 5.41) is 0. The lowest BCUT2D eigenvalue weighted by Gasteiger charge is -2.41. The number of nitrogens with zero attached hydrogens (tertiary/aromatic N) is 3. The van der Waals surface area contributed by atoms with Crippen LogP contribution in [-0.2, 0) is 4.79 Å². The Kier molecular flexibility index (Phi) is 3.82. The van der Waals surface area contributed by atoms with E-state index in [4.69, 9.17) is 0 Å². The molecule has 0 aromatic rings. The molecule has 92 valence electrons. The molecule has 0 radical (unpaired) electrons. The maximum atomic E-state index is 11.9. The van der Waals surface area contributed by atoms with E-state index in [2.05, 4.69) is 21.6 Å². The highest BCUT2D eigenvalue weighted by Gasteiger charge is 2.30. The van der Waals surface area contributed by atoms with Crippen molar-refractivity contribution in [3.05, 3.63) is 0 Å². The fraction of sp³-hybridized carbons (Fsp3) is 0.917. The molecule has 0 aromatic carbocycles. The topological polar surface area (TPSA) is 26.8 Å². The summed E-state index contributed by atoms with van der Waals surface area (Å²) in [6.45, 7) is 8.21. The van der Waals surface area contributed by atoms with Crippen molar-refractivity contribution in [3.8, 4) is 0 Å². The minimum Gasteiger partial charge on any atom is -0.337 e. The Morgan fingerprint density at radius 2 is 1.88 bits per heavy atom. The number of amides is 1. The molecule has 0 saturated carbocycles. The fourth-order valence-corrected chi connectivity index (χ4v) is 2.74. The van der Waals surface area contributed by atoms with Gasteiger partial charge in [-0.2, -0.15) is 0 Å². The molecule has 0 unspecified atom stereocenters. The zero-order valence-electron chi connectivity index (χ0n) is 10.5. The van der Waals surface area contributed by atoms with Gasteiger partial charge in [0.05, 0.1) is 6.54 Å². The van der Waals surface area contributed by atoms with Gasteiger partial charge >= 0.3 is 0 Å². The average Bonchev–Trinajstić information content (AvgIpc) is 2.29. The number of carbonyl (C=O) groups excluding carboxylic acids is 1. The molecule has 0 spiro atoms. The van der Waals surface area contributed by atoms with E-state index in [9.17, 15) is 4.79 Å². The van der Waals surface area contributed by atoms with Crippen molar-refractivity contribution in [1.82, 2.24) is 14.7 Å². The second kappa shape index (κ2) is 5.15. The Labute approximate surface area is 98.2 Å². The Morgan fingerprint density at radius 1 is 1.19 bits per heavy atom. The molecule has 2 saturated heterocycles. The first-order valence-electron chi connectivity index (χ1n) is 6.41. The van der Waals surface area contributed by atoms with Gasteiger partial charge in [-0.3, -0.25) is 9.69 Å². The highest BCUT2D eigenvalue weighted by atomic mass is 16.2. The molecule has 0 bridgehead atoms. The van der Waals surface area contributed by atoms with Gasteiger partial charge in [-0.15, -0.1) is 0 Å². The van der Waals surface area contributed by atoms with E-state index in [-0.39, 0.29) is 0 Å². The lowest BCUT2D eigenvalue weighted by Crippen LogP contribution is -2.55. The highest BCUT2D eigenvalue weighted by Crippen LogP contribution is 2.18. The third-order valence-corrected chi connectivity index (χ3v) is 3.89. The van der Waals surface area contributed by atoms with Crippen LogP contribution in [0, 0.1) is 0 Å². The number of piperazine rings is 1.